The van der Waals surface area contributed by atoms with Crippen molar-refractivity contribution >= 4 is 6.03 Å². The van der Waals surface area contributed by atoms with Crippen molar-refractivity contribution in [3.05, 3.63) is 0 Å². The van der Waals surface area contributed by atoms with Crippen molar-refractivity contribution in [3.63, 3.8) is 0 Å². The number of piperidine rings is 1. The molecule has 0 aromatic heterocycles. The Hall–Kier alpha value is -0.770. The van der Waals surface area contributed by atoms with Gasteiger partial charge in [-0.1, -0.05) is 0 Å². The lowest BCUT2D eigenvalue weighted by atomic mass is 10.3. The van der Waals surface area contributed by atoms with Gasteiger partial charge in [-0.05, 0) is 17.8 Å². The van der Waals surface area contributed by atoms with Gasteiger partial charge in [0.05, 0.1) is 0 Å². The molecular formula is C9H16N2O2. The second-order valence-corrected chi connectivity index (χ2v) is 4.26. The van der Waals surface area contributed by atoms with E-state index in [-0.39, 0.29) is 6.03 Å². The first-order chi connectivity index (χ1) is 6.15. The number of likely N-dealkylation sites (tertiary alicyclic amines) is 1. The van der Waals surface area contributed by atoms with Crippen molar-refractivity contribution in [2.24, 2.45) is 17.8 Å². The van der Waals surface area contributed by atoms with Crippen LogP contribution in [0.2, 0.25) is 0 Å². The molecule has 1 aliphatic carbocycles. The predicted octanol–water partition coefficient (Wildman–Crippen LogP) is -0.162. The quantitative estimate of drug-likeness (QED) is 0.615. The predicted molar refractivity (Wildman–Crippen MR) is 48.2 cm³/mol. The van der Waals surface area contributed by atoms with Gasteiger partial charge in [-0.25, -0.2) is 4.79 Å². The fourth-order valence-corrected chi connectivity index (χ4v) is 2.36. The molecule has 1 saturated carbocycles. The third-order valence-electron chi connectivity index (χ3n) is 3.24. The van der Waals surface area contributed by atoms with Crippen molar-refractivity contribution in [2.45, 2.75) is 0 Å². The summed E-state index contributed by atoms with van der Waals surface area (Å²) in [5, 5.41) is 8.93. The second kappa shape index (κ2) is 2.87. The Morgan fingerprint density at radius 2 is 2.00 bits per heavy atom. The maximum atomic E-state index is 11.5. The Kier molecular flexibility index (Phi) is 1.95. The number of carbonyl (C=O) groups excluding carboxylic acids is 1. The van der Waals surface area contributed by atoms with Gasteiger partial charge in [-0.3, -0.25) is 0 Å². The van der Waals surface area contributed by atoms with E-state index in [1.54, 1.807) is 19.0 Å². The minimum Gasteiger partial charge on any atom is -0.396 e. The Morgan fingerprint density at radius 3 is 2.38 bits per heavy atom. The molecule has 2 aliphatic rings. The van der Waals surface area contributed by atoms with E-state index in [9.17, 15) is 4.79 Å². The zero-order chi connectivity index (χ0) is 9.59. The normalized spacial score (nSPS) is 35.9. The first-order valence-corrected chi connectivity index (χ1v) is 4.72. The molecule has 1 saturated heterocycles. The highest BCUT2D eigenvalue weighted by molar-refractivity contribution is 5.74. The Labute approximate surface area is 78.1 Å². The van der Waals surface area contributed by atoms with Crippen LogP contribution in [-0.4, -0.2) is 54.7 Å². The number of aliphatic hydroxyl groups excluding tert-OH is 1. The van der Waals surface area contributed by atoms with Crippen LogP contribution in [0.5, 0.6) is 0 Å². The number of aliphatic hydroxyl groups is 1. The number of carbonyl (C=O) groups is 1. The number of hydrogen-bond donors (Lipinski definition) is 1. The Morgan fingerprint density at radius 1 is 1.46 bits per heavy atom. The number of hydrogen-bond acceptors (Lipinski definition) is 2. The molecule has 0 spiro atoms. The molecule has 2 fully saturated rings. The molecule has 1 heterocycles. The first-order valence-electron chi connectivity index (χ1n) is 4.72. The molecule has 1 unspecified atom stereocenters. The van der Waals surface area contributed by atoms with E-state index in [1.807, 2.05) is 4.90 Å². The van der Waals surface area contributed by atoms with Gasteiger partial charge in [-0.2, -0.15) is 0 Å². The number of rotatable bonds is 1. The van der Waals surface area contributed by atoms with Crippen molar-refractivity contribution in [1.82, 2.24) is 9.80 Å². The summed E-state index contributed by atoms with van der Waals surface area (Å²) in [7, 11) is 3.55. The summed E-state index contributed by atoms with van der Waals surface area (Å²) in [6.07, 6.45) is 0. The second-order valence-electron chi connectivity index (χ2n) is 4.26. The smallest absolute Gasteiger partial charge is 0.319 e. The van der Waals surface area contributed by atoms with Crippen LogP contribution in [0, 0.1) is 17.8 Å². The molecule has 0 aromatic rings. The number of urea groups is 1. The molecule has 13 heavy (non-hydrogen) atoms. The summed E-state index contributed by atoms with van der Waals surface area (Å²) < 4.78 is 0. The monoisotopic (exact) mass is 184 g/mol. The summed E-state index contributed by atoms with van der Waals surface area (Å²) in [5.41, 5.74) is 0. The fraction of sp³-hybridized carbons (Fsp3) is 0.889. The summed E-state index contributed by atoms with van der Waals surface area (Å²) in [5.74, 6) is 1.63. The van der Waals surface area contributed by atoms with E-state index in [4.69, 9.17) is 5.11 Å². The van der Waals surface area contributed by atoms with Gasteiger partial charge in [0, 0.05) is 33.8 Å². The highest BCUT2D eigenvalue weighted by Crippen LogP contribution is 2.51. The van der Waals surface area contributed by atoms with Gasteiger partial charge in [0.1, 0.15) is 0 Å². The van der Waals surface area contributed by atoms with Crippen LogP contribution in [0.3, 0.4) is 0 Å². The van der Waals surface area contributed by atoms with Gasteiger partial charge < -0.3 is 14.9 Å². The summed E-state index contributed by atoms with van der Waals surface area (Å²) in [6.45, 7) is 1.97. The lowest BCUT2D eigenvalue weighted by Gasteiger charge is -2.23. The summed E-state index contributed by atoms with van der Waals surface area (Å²) in [4.78, 5) is 15.0. The maximum Gasteiger partial charge on any atom is 0.319 e. The Balaban J connectivity index is 1.87. The van der Waals surface area contributed by atoms with E-state index < -0.39 is 0 Å². The zero-order valence-corrected chi connectivity index (χ0v) is 8.10. The third kappa shape index (κ3) is 1.29. The highest BCUT2D eigenvalue weighted by Gasteiger charge is 2.56. The summed E-state index contributed by atoms with van der Waals surface area (Å²) in [6, 6.07) is 0.101. The molecule has 2 rings (SSSR count). The third-order valence-corrected chi connectivity index (χ3v) is 3.24. The molecule has 3 atom stereocenters. The Bertz CT molecular complexity index is 218. The van der Waals surface area contributed by atoms with E-state index in [0.717, 1.165) is 13.1 Å². The van der Waals surface area contributed by atoms with Crippen molar-refractivity contribution in [1.29, 1.82) is 0 Å². The molecule has 2 amide bonds. The van der Waals surface area contributed by atoms with Gasteiger partial charge in [0.15, 0.2) is 0 Å². The zero-order valence-electron chi connectivity index (χ0n) is 8.10. The molecule has 1 aliphatic heterocycles. The van der Waals surface area contributed by atoms with Gasteiger partial charge in [-0.15, -0.1) is 0 Å². The van der Waals surface area contributed by atoms with Crippen LogP contribution >= 0.6 is 0 Å². The summed E-state index contributed by atoms with van der Waals surface area (Å²) >= 11 is 0. The largest absolute Gasteiger partial charge is 0.396 e. The SMILES string of the molecule is CN(C)C(=O)N1C[C@@H]2C(CO)[C@@H]2C1. The molecule has 0 bridgehead atoms. The van der Waals surface area contributed by atoms with Gasteiger partial charge in [0.25, 0.3) is 0 Å². The van der Waals surface area contributed by atoms with E-state index >= 15 is 0 Å². The first kappa shape index (κ1) is 8.81. The average molecular weight is 184 g/mol. The van der Waals surface area contributed by atoms with Crippen molar-refractivity contribution in [2.75, 3.05) is 33.8 Å². The number of amides is 2. The molecule has 0 aromatic carbocycles. The van der Waals surface area contributed by atoms with E-state index in [0.29, 0.717) is 24.4 Å². The van der Waals surface area contributed by atoms with Crippen LogP contribution in [-0.2, 0) is 0 Å². The average Bonchev–Trinajstić information content (AvgIpc) is 2.56. The minimum atomic E-state index is 0.101. The molecular weight excluding hydrogens is 168 g/mol. The number of fused-ring (bicyclic) bond motifs is 1. The van der Waals surface area contributed by atoms with E-state index in [2.05, 4.69) is 0 Å². The standard InChI is InChI=1S/C9H16N2O2/c1-10(2)9(13)11-3-6-7(4-11)8(6)5-12/h6-8,12H,3-5H2,1-2H3/t6-,7+,8?. The lowest BCUT2D eigenvalue weighted by molar-refractivity contribution is 0.168. The van der Waals surface area contributed by atoms with Crippen molar-refractivity contribution in [3.8, 4) is 0 Å². The minimum absolute atomic E-state index is 0.101. The van der Waals surface area contributed by atoms with Crippen LogP contribution in [0.25, 0.3) is 0 Å². The topological polar surface area (TPSA) is 43.8 Å². The maximum absolute atomic E-state index is 11.5. The number of nitrogens with zero attached hydrogens (tertiary/aromatic N) is 2. The van der Waals surface area contributed by atoms with Crippen LogP contribution in [0.15, 0.2) is 0 Å². The molecule has 74 valence electrons. The highest BCUT2D eigenvalue weighted by atomic mass is 16.3. The lowest BCUT2D eigenvalue weighted by Crippen LogP contribution is -2.39. The van der Waals surface area contributed by atoms with Crippen LogP contribution in [0.1, 0.15) is 0 Å². The van der Waals surface area contributed by atoms with E-state index in [1.165, 1.54) is 0 Å². The fourth-order valence-electron chi connectivity index (χ4n) is 2.36. The van der Waals surface area contributed by atoms with Crippen molar-refractivity contribution < 1.29 is 9.90 Å². The molecule has 0 radical (unpaired) electrons. The van der Waals surface area contributed by atoms with Gasteiger partial charge in [0.2, 0.25) is 0 Å². The van der Waals surface area contributed by atoms with Crippen LogP contribution in [0.4, 0.5) is 4.79 Å². The molecule has 4 heteroatoms. The van der Waals surface area contributed by atoms with Crippen LogP contribution < -0.4 is 0 Å². The molecule has 4 nitrogen and oxygen atoms in total. The van der Waals surface area contributed by atoms with Gasteiger partial charge >= 0.3 is 6.03 Å². The molecule has 1 N–H and O–H groups in total.